The number of piperidine rings is 1. The minimum absolute atomic E-state index is 0. The second-order valence-corrected chi connectivity index (χ2v) is 7.22. The summed E-state index contributed by atoms with van der Waals surface area (Å²) in [6, 6.07) is 6.01. The fourth-order valence-electron chi connectivity index (χ4n) is 3.21. The van der Waals surface area contributed by atoms with Gasteiger partial charge in [0.2, 0.25) is 0 Å². The van der Waals surface area contributed by atoms with Gasteiger partial charge in [-0.05, 0) is 58.6 Å². The highest BCUT2D eigenvalue weighted by Crippen LogP contribution is 2.17. The quantitative estimate of drug-likeness (QED) is 0.779. The molecule has 8 heteroatoms. The van der Waals surface area contributed by atoms with E-state index in [4.69, 9.17) is 4.42 Å². The number of furan rings is 1. The van der Waals surface area contributed by atoms with Gasteiger partial charge in [-0.25, -0.2) is 0 Å². The Morgan fingerprint density at radius 1 is 1.33 bits per heavy atom. The van der Waals surface area contributed by atoms with E-state index in [2.05, 4.69) is 15.3 Å². The number of hydrogen-bond acceptors (Lipinski definition) is 5. The highest BCUT2D eigenvalue weighted by Gasteiger charge is 2.22. The highest BCUT2D eigenvalue weighted by molar-refractivity contribution is 5.92. The molecule has 1 N–H and O–H groups in total. The number of rotatable bonds is 7. The van der Waals surface area contributed by atoms with Gasteiger partial charge in [0.05, 0.1) is 12.6 Å². The molecular weight excluding hydrogens is 366 g/mol. The van der Waals surface area contributed by atoms with Crippen molar-refractivity contribution in [2.45, 2.75) is 32.4 Å². The van der Waals surface area contributed by atoms with Gasteiger partial charge in [0.1, 0.15) is 17.2 Å². The molecule has 0 saturated carbocycles. The van der Waals surface area contributed by atoms with Crippen molar-refractivity contribution < 1.29 is 9.21 Å². The molecule has 1 unspecified atom stereocenters. The van der Waals surface area contributed by atoms with E-state index < -0.39 is 0 Å². The van der Waals surface area contributed by atoms with E-state index in [0.717, 1.165) is 44.0 Å². The molecule has 0 aliphatic carbocycles. The van der Waals surface area contributed by atoms with Crippen LogP contribution in [0.25, 0.3) is 0 Å². The Bertz CT molecular complexity index is 721. The van der Waals surface area contributed by atoms with E-state index in [0.29, 0.717) is 24.8 Å². The van der Waals surface area contributed by atoms with E-state index in [9.17, 15) is 4.79 Å². The molecule has 1 aliphatic rings. The number of hydrogen-bond donors (Lipinski definition) is 1. The molecule has 150 valence electrons. The molecule has 0 radical (unpaired) electrons. The smallest absolute Gasteiger partial charge is 0.274 e. The van der Waals surface area contributed by atoms with Crippen molar-refractivity contribution in [1.29, 1.82) is 0 Å². The van der Waals surface area contributed by atoms with E-state index in [1.165, 1.54) is 0 Å². The van der Waals surface area contributed by atoms with Crippen LogP contribution in [0.2, 0.25) is 0 Å². The molecule has 0 aromatic carbocycles. The maximum Gasteiger partial charge on any atom is 0.274 e. The molecule has 3 heterocycles. The molecule has 0 spiro atoms. The van der Waals surface area contributed by atoms with E-state index in [1.807, 2.05) is 55.0 Å². The summed E-state index contributed by atoms with van der Waals surface area (Å²) < 4.78 is 7.60. The molecule has 0 bridgehead atoms. The Morgan fingerprint density at radius 3 is 2.78 bits per heavy atom. The number of carbonyl (C=O) groups is 1. The van der Waals surface area contributed by atoms with Crippen LogP contribution >= 0.6 is 12.4 Å². The molecular formula is C19H30ClN5O2. The Kier molecular flexibility index (Phi) is 7.89. The topological polar surface area (TPSA) is 66.5 Å². The summed E-state index contributed by atoms with van der Waals surface area (Å²) in [5.74, 6) is 1.60. The standard InChI is InChI=1S/C19H29N5O2.ClH/c1-15-6-7-17(26-15)14-23(12-11-22(2)3)19(25)18-8-10-24(21-18)16-5-4-9-20-13-16;/h6-8,10,16,20H,4-5,9,11-14H2,1-3H3;1H. The SMILES string of the molecule is Cc1ccc(CN(CCN(C)C)C(=O)c2ccn(C3CCCNC3)n2)o1.Cl. The largest absolute Gasteiger partial charge is 0.464 e. The summed E-state index contributed by atoms with van der Waals surface area (Å²) in [6.07, 6.45) is 4.16. The van der Waals surface area contributed by atoms with Gasteiger partial charge >= 0.3 is 0 Å². The van der Waals surface area contributed by atoms with Gasteiger partial charge in [-0.1, -0.05) is 0 Å². The number of carbonyl (C=O) groups excluding carboxylic acids is 1. The van der Waals surface area contributed by atoms with Crippen molar-refractivity contribution >= 4 is 18.3 Å². The second kappa shape index (κ2) is 9.92. The maximum atomic E-state index is 13.0. The first kappa shape index (κ1) is 21.5. The molecule has 1 fully saturated rings. The van der Waals surface area contributed by atoms with Gasteiger partial charge in [-0.15, -0.1) is 12.4 Å². The van der Waals surface area contributed by atoms with Crippen molar-refractivity contribution in [1.82, 2.24) is 24.9 Å². The number of nitrogens with zero attached hydrogens (tertiary/aromatic N) is 4. The Morgan fingerprint density at radius 2 is 2.15 bits per heavy atom. The van der Waals surface area contributed by atoms with Crippen LogP contribution in [0.1, 0.15) is 40.9 Å². The molecule has 1 amide bonds. The maximum absolute atomic E-state index is 13.0. The minimum Gasteiger partial charge on any atom is -0.464 e. The van der Waals surface area contributed by atoms with Gasteiger partial charge in [0, 0.05) is 25.8 Å². The first-order valence-corrected chi connectivity index (χ1v) is 9.28. The number of halogens is 1. The lowest BCUT2D eigenvalue weighted by atomic mass is 10.1. The van der Waals surface area contributed by atoms with Crippen LogP contribution in [0.5, 0.6) is 0 Å². The Labute approximate surface area is 167 Å². The third-order valence-electron chi connectivity index (χ3n) is 4.72. The van der Waals surface area contributed by atoms with Crippen LogP contribution in [0, 0.1) is 6.92 Å². The molecule has 2 aromatic heterocycles. The minimum atomic E-state index is -0.0524. The molecule has 1 aliphatic heterocycles. The summed E-state index contributed by atoms with van der Waals surface area (Å²) in [5, 5.41) is 7.96. The summed E-state index contributed by atoms with van der Waals surface area (Å²) in [5.41, 5.74) is 0.498. The van der Waals surface area contributed by atoms with E-state index in [-0.39, 0.29) is 18.3 Å². The predicted molar refractivity (Wildman–Crippen MR) is 107 cm³/mol. The first-order valence-electron chi connectivity index (χ1n) is 9.28. The van der Waals surface area contributed by atoms with Crippen LogP contribution in [-0.4, -0.2) is 65.8 Å². The van der Waals surface area contributed by atoms with Crippen molar-refractivity contribution in [3.63, 3.8) is 0 Å². The summed E-state index contributed by atoms with van der Waals surface area (Å²) in [6.45, 7) is 5.76. The monoisotopic (exact) mass is 395 g/mol. The number of likely N-dealkylation sites (N-methyl/N-ethyl adjacent to an activating group) is 1. The zero-order valence-corrected chi connectivity index (χ0v) is 17.2. The lowest BCUT2D eigenvalue weighted by molar-refractivity contribution is 0.0711. The third-order valence-corrected chi connectivity index (χ3v) is 4.72. The molecule has 3 rings (SSSR count). The molecule has 2 aromatic rings. The van der Waals surface area contributed by atoms with E-state index in [1.54, 1.807) is 0 Å². The van der Waals surface area contributed by atoms with Crippen LogP contribution in [0.3, 0.4) is 0 Å². The molecule has 1 atom stereocenters. The number of aryl methyl sites for hydroxylation is 1. The van der Waals surface area contributed by atoms with Crippen molar-refractivity contribution in [3.05, 3.63) is 41.6 Å². The average Bonchev–Trinajstić information content (AvgIpc) is 3.28. The molecule has 7 nitrogen and oxygen atoms in total. The average molecular weight is 396 g/mol. The Hall–Kier alpha value is -1.83. The van der Waals surface area contributed by atoms with Crippen LogP contribution in [0.4, 0.5) is 0 Å². The van der Waals surface area contributed by atoms with Gasteiger partial charge in [0.15, 0.2) is 0 Å². The zero-order chi connectivity index (χ0) is 18.5. The summed E-state index contributed by atoms with van der Waals surface area (Å²) >= 11 is 0. The fourth-order valence-corrected chi connectivity index (χ4v) is 3.21. The summed E-state index contributed by atoms with van der Waals surface area (Å²) in [4.78, 5) is 16.9. The summed E-state index contributed by atoms with van der Waals surface area (Å²) in [7, 11) is 4.01. The predicted octanol–water partition coefficient (Wildman–Crippen LogP) is 2.33. The number of amides is 1. The molecule has 1 saturated heterocycles. The Balaban J connectivity index is 0.00000261. The number of nitrogens with one attached hydrogen (secondary N) is 1. The van der Waals surface area contributed by atoms with Gasteiger partial charge in [0.25, 0.3) is 5.91 Å². The normalized spacial score (nSPS) is 17.0. The van der Waals surface area contributed by atoms with Gasteiger partial charge < -0.3 is 19.5 Å². The van der Waals surface area contributed by atoms with Crippen molar-refractivity contribution in [2.24, 2.45) is 0 Å². The zero-order valence-electron chi connectivity index (χ0n) is 16.4. The van der Waals surface area contributed by atoms with Crippen LogP contribution < -0.4 is 5.32 Å². The van der Waals surface area contributed by atoms with Gasteiger partial charge in [-0.2, -0.15) is 5.10 Å². The highest BCUT2D eigenvalue weighted by atomic mass is 35.5. The van der Waals surface area contributed by atoms with Crippen molar-refractivity contribution in [2.75, 3.05) is 40.3 Å². The van der Waals surface area contributed by atoms with Crippen molar-refractivity contribution in [3.8, 4) is 0 Å². The lowest BCUT2D eigenvalue weighted by Gasteiger charge is -2.24. The van der Waals surface area contributed by atoms with E-state index >= 15 is 0 Å². The lowest BCUT2D eigenvalue weighted by Crippen LogP contribution is -2.36. The van der Waals surface area contributed by atoms with Gasteiger partial charge in [-0.3, -0.25) is 9.48 Å². The van der Waals surface area contributed by atoms with Crippen LogP contribution in [-0.2, 0) is 6.54 Å². The number of aromatic nitrogens is 2. The molecule has 27 heavy (non-hydrogen) atoms. The fraction of sp³-hybridized carbons (Fsp3) is 0.579. The second-order valence-electron chi connectivity index (χ2n) is 7.22. The third kappa shape index (κ3) is 5.82. The van der Waals surface area contributed by atoms with Crippen LogP contribution in [0.15, 0.2) is 28.8 Å². The first-order chi connectivity index (χ1) is 12.5.